The number of hydrogen-bond acceptors (Lipinski definition) is 2. The van der Waals surface area contributed by atoms with E-state index in [-0.39, 0.29) is 31.0 Å². The van der Waals surface area contributed by atoms with Gasteiger partial charge in [-0.25, -0.2) is 8.78 Å². The van der Waals surface area contributed by atoms with Crippen LogP contribution in [0, 0.1) is 17.6 Å². The first-order chi connectivity index (χ1) is 12.3. The van der Waals surface area contributed by atoms with Gasteiger partial charge in [-0.1, -0.05) is 29.8 Å². The Balaban J connectivity index is 1.77. The predicted molar refractivity (Wildman–Crippen MR) is 92.0 cm³/mol. The summed E-state index contributed by atoms with van der Waals surface area (Å²) in [6.07, 6.45) is -0.244. The highest BCUT2D eigenvalue weighted by Crippen LogP contribution is 2.34. The quantitative estimate of drug-likeness (QED) is 0.884. The average Bonchev–Trinajstić information content (AvgIpc) is 3.04. The molecule has 0 saturated carbocycles. The second-order valence-corrected chi connectivity index (χ2v) is 6.75. The fraction of sp³-hybridized carbons (Fsp3) is 0.263. The molecular weight excluding hydrogens is 364 g/mol. The summed E-state index contributed by atoms with van der Waals surface area (Å²) < 4.78 is 26.7. The molecular formula is C19H16ClF2NO3. The summed E-state index contributed by atoms with van der Waals surface area (Å²) in [5.74, 6) is -4.01. The monoisotopic (exact) mass is 379 g/mol. The number of carboxylic acids is 1. The van der Waals surface area contributed by atoms with Gasteiger partial charge < -0.3 is 10.0 Å². The molecule has 0 unspecified atom stereocenters. The topological polar surface area (TPSA) is 57.6 Å². The van der Waals surface area contributed by atoms with Gasteiger partial charge in [0, 0.05) is 30.1 Å². The van der Waals surface area contributed by atoms with Crippen LogP contribution >= 0.6 is 11.6 Å². The van der Waals surface area contributed by atoms with Gasteiger partial charge in [0.15, 0.2) is 0 Å². The Morgan fingerprint density at radius 2 is 1.81 bits per heavy atom. The van der Waals surface area contributed by atoms with Gasteiger partial charge in [-0.15, -0.1) is 0 Å². The van der Waals surface area contributed by atoms with Crippen LogP contribution in [0.5, 0.6) is 0 Å². The maximum Gasteiger partial charge on any atom is 0.308 e. The number of halogens is 3. The molecule has 2 aromatic rings. The Hall–Kier alpha value is -2.47. The van der Waals surface area contributed by atoms with Gasteiger partial charge in [-0.05, 0) is 29.3 Å². The first kappa shape index (κ1) is 18.3. The molecule has 7 heteroatoms. The van der Waals surface area contributed by atoms with Crippen LogP contribution in [0.25, 0.3) is 0 Å². The standard InChI is InChI=1S/C19H16ClF2NO3/c20-13-4-1-11(2-5-13)15-9-23(10-16(15)19(25)26)18(24)7-12-3-6-14(21)8-17(12)22/h1-6,8,15-16H,7,9-10H2,(H,25,26)/t15-,16+/m0/s1. The summed E-state index contributed by atoms with van der Waals surface area (Å²) in [6, 6.07) is 9.88. The summed E-state index contributed by atoms with van der Waals surface area (Å²) in [5.41, 5.74) is 0.864. The van der Waals surface area contributed by atoms with E-state index in [1.54, 1.807) is 24.3 Å². The fourth-order valence-corrected chi connectivity index (χ4v) is 3.37. The van der Waals surface area contributed by atoms with Crippen molar-refractivity contribution in [3.05, 3.63) is 70.2 Å². The van der Waals surface area contributed by atoms with Gasteiger partial charge >= 0.3 is 5.97 Å². The minimum atomic E-state index is -0.992. The van der Waals surface area contributed by atoms with Crippen LogP contribution < -0.4 is 0 Å². The van der Waals surface area contributed by atoms with Crippen molar-refractivity contribution in [3.63, 3.8) is 0 Å². The molecule has 136 valence electrons. The first-order valence-electron chi connectivity index (χ1n) is 8.05. The number of aliphatic carboxylic acids is 1. The molecule has 1 N–H and O–H groups in total. The third-order valence-corrected chi connectivity index (χ3v) is 4.90. The summed E-state index contributed by atoms with van der Waals surface area (Å²) in [4.78, 5) is 25.5. The Morgan fingerprint density at radius 1 is 1.12 bits per heavy atom. The van der Waals surface area contributed by atoms with Crippen LogP contribution in [-0.4, -0.2) is 35.0 Å². The van der Waals surface area contributed by atoms with Crippen LogP contribution in [0.1, 0.15) is 17.0 Å². The van der Waals surface area contributed by atoms with Crippen molar-refractivity contribution in [2.45, 2.75) is 12.3 Å². The number of likely N-dealkylation sites (tertiary alicyclic amines) is 1. The van der Waals surface area contributed by atoms with Gasteiger partial charge in [0.25, 0.3) is 0 Å². The molecule has 0 aliphatic carbocycles. The number of nitrogens with zero attached hydrogens (tertiary/aromatic N) is 1. The molecule has 1 heterocycles. The lowest BCUT2D eigenvalue weighted by Crippen LogP contribution is -2.31. The maximum absolute atomic E-state index is 13.8. The van der Waals surface area contributed by atoms with E-state index in [1.807, 2.05) is 0 Å². The molecule has 0 aromatic heterocycles. The van der Waals surface area contributed by atoms with E-state index >= 15 is 0 Å². The number of amides is 1. The van der Waals surface area contributed by atoms with E-state index in [1.165, 1.54) is 11.0 Å². The van der Waals surface area contributed by atoms with Crippen molar-refractivity contribution in [2.24, 2.45) is 5.92 Å². The zero-order valence-electron chi connectivity index (χ0n) is 13.7. The molecule has 1 aliphatic heterocycles. The number of carbonyl (C=O) groups is 2. The van der Waals surface area contributed by atoms with Crippen molar-refractivity contribution in [1.29, 1.82) is 0 Å². The second-order valence-electron chi connectivity index (χ2n) is 6.31. The van der Waals surface area contributed by atoms with Gasteiger partial charge in [0.1, 0.15) is 11.6 Å². The highest BCUT2D eigenvalue weighted by Gasteiger charge is 2.40. The molecule has 1 fully saturated rings. The van der Waals surface area contributed by atoms with Crippen LogP contribution in [0.4, 0.5) is 8.78 Å². The smallest absolute Gasteiger partial charge is 0.308 e. The van der Waals surface area contributed by atoms with E-state index in [2.05, 4.69) is 0 Å². The highest BCUT2D eigenvalue weighted by atomic mass is 35.5. The highest BCUT2D eigenvalue weighted by molar-refractivity contribution is 6.30. The third kappa shape index (κ3) is 3.85. The molecule has 0 radical (unpaired) electrons. The Kier molecular flexibility index (Phi) is 5.23. The molecule has 26 heavy (non-hydrogen) atoms. The van der Waals surface area contributed by atoms with Crippen LogP contribution in [0.15, 0.2) is 42.5 Å². The molecule has 2 aromatic carbocycles. The van der Waals surface area contributed by atoms with Gasteiger partial charge in [0.2, 0.25) is 5.91 Å². The lowest BCUT2D eigenvalue weighted by Gasteiger charge is -2.17. The Labute approximate surface area is 154 Å². The lowest BCUT2D eigenvalue weighted by molar-refractivity contribution is -0.141. The van der Waals surface area contributed by atoms with Crippen molar-refractivity contribution in [3.8, 4) is 0 Å². The number of rotatable bonds is 4. The Bertz CT molecular complexity index is 841. The van der Waals surface area contributed by atoms with E-state index in [9.17, 15) is 23.5 Å². The van der Waals surface area contributed by atoms with Crippen LogP contribution in [0.3, 0.4) is 0 Å². The van der Waals surface area contributed by atoms with Crippen molar-refractivity contribution in [2.75, 3.05) is 13.1 Å². The maximum atomic E-state index is 13.8. The normalized spacial score (nSPS) is 19.6. The first-order valence-corrected chi connectivity index (χ1v) is 8.43. The van der Waals surface area contributed by atoms with Gasteiger partial charge in [-0.3, -0.25) is 9.59 Å². The predicted octanol–water partition coefficient (Wildman–Crippen LogP) is 3.49. The molecule has 0 bridgehead atoms. The molecule has 2 atom stereocenters. The van der Waals surface area contributed by atoms with Crippen molar-refractivity contribution >= 4 is 23.5 Å². The third-order valence-electron chi connectivity index (χ3n) is 4.64. The molecule has 4 nitrogen and oxygen atoms in total. The van der Waals surface area contributed by atoms with E-state index in [0.717, 1.165) is 17.7 Å². The molecule has 1 saturated heterocycles. The van der Waals surface area contributed by atoms with Crippen LogP contribution in [-0.2, 0) is 16.0 Å². The number of hydrogen-bond donors (Lipinski definition) is 1. The second kappa shape index (κ2) is 7.41. The summed E-state index contributed by atoms with van der Waals surface area (Å²) >= 11 is 5.87. The number of benzene rings is 2. The van der Waals surface area contributed by atoms with Crippen LogP contribution in [0.2, 0.25) is 5.02 Å². The zero-order valence-corrected chi connectivity index (χ0v) is 14.4. The summed E-state index contributed by atoms with van der Waals surface area (Å²) in [5, 5.41) is 10.0. The SMILES string of the molecule is O=C(O)[C@@H]1CN(C(=O)Cc2ccc(F)cc2F)C[C@H]1c1ccc(Cl)cc1. The van der Waals surface area contributed by atoms with E-state index in [0.29, 0.717) is 5.02 Å². The van der Waals surface area contributed by atoms with Crippen molar-refractivity contribution < 1.29 is 23.5 Å². The molecule has 1 amide bonds. The average molecular weight is 380 g/mol. The van der Waals surface area contributed by atoms with Gasteiger partial charge in [-0.2, -0.15) is 0 Å². The molecule has 0 spiro atoms. The number of carbonyl (C=O) groups excluding carboxylic acids is 1. The lowest BCUT2D eigenvalue weighted by atomic mass is 9.89. The van der Waals surface area contributed by atoms with E-state index < -0.39 is 29.4 Å². The van der Waals surface area contributed by atoms with Crippen molar-refractivity contribution in [1.82, 2.24) is 4.90 Å². The van der Waals surface area contributed by atoms with Gasteiger partial charge in [0.05, 0.1) is 12.3 Å². The zero-order chi connectivity index (χ0) is 18.8. The fourth-order valence-electron chi connectivity index (χ4n) is 3.25. The minimum absolute atomic E-state index is 0.0459. The van der Waals surface area contributed by atoms with E-state index in [4.69, 9.17) is 11.6 Å². The Morgan fingerprint density at radius 3 is 2.42 bits per heavy atom. The largest absolute Gasteiger partial charge is 0.481 e. The number of carboxylic acid groups (broad SMARTS) is 1. The minimum Gasteiger partial charge on any atom is -0.481 e. The molecule has 3 rings (SSSR count). The summed E-state index contributed by atoms with van der Waals surface area (Å²) in [7, 11) is 0. The molecule has 1 aliphatic rings. The summed E-state index contributed by atoms with van der Waals surface area (Å²) in [6.45, 7) is 0.268.